The maximum Gasteiger partial charge on any atom is 0.285 e. The number of benzene rings is 1. The molecule has 0 saturated carbocycles. The molecule has 10 heteroatoms. The molecule has 0 bridgehead atoms. The Balaban J connectivity index is 1.92. The molecule has 0 radical (unpaired) electrons. The molecule has 146 valence electrons. The minimum atomic E-state index is -4.11. The molecule has 0 aliphatic heterocycles. The number of aromatic nitrogens is 3. The number of sulfonamides is 1. The molecule has 28 heavy (non-hydrogen) atoms. The zero-order valence-corrected chi connectivity index (χ0v) is 16.9. The standard InChI is InChI=1S/C18H17ClN4O4S/c1-11-6-7-12(27-3)9-15(11)28(25,26)22-18(24)14-10-23(2)17(21-14)13-5-4-8-20-16(13)19/h4-10H,1-3H3,(H,22,24). The molecular formula is C18H17ClN4O4S. The number of hydrogen-bond acceptors (Lipinski definition) is 6. The van der Waals surface area contributed by atoms with Gasteiger partial charge in [-0.25, -0.2) is 23.1 Å². The number of aryl methyl sites for hydroxylation is 2. The number of carbonyl (C=O) groups excluding carboxylic acids is 1. The van der Waals surface area contributed by atoms with Crippen molar-refractivity contribution in [1.29, 1.82) is 0 Å². The fraction of sp³-hybridized carbons (Fsp3) is 0.167. The average molecular weight is 421 g/mol. The van der Waals surface area contributed by atoms with Gasteiger partial charge in [-0.3, -0.25) is 4.79 Å². The molecule has 0 atom stereocenters. The quantitative estimate of drug-likeness (QED) is 0.636. The fourth-order valence-corrected chi connectivity index (χ4v) is 4.03. The molecule has 3 rings (SSSR count). The molecule has 8 nitrogen and oxygen atoms in total. The van der Waals surface area contributed by atoms with Gasteiger partial charge in [0.2, 0.25) is 0 Å². The molecule has 0 spiro atoms. The Labute approximate surface area is 167 Å². The monoisotopic (exact) mass is 420 g/mol. The number of amides is 1. The summed E-state index contributed by atoms with van der Waals surface area (Å²) in [5, 5.41) is 0.225. The van der Waals surface area contributed by atoms with E-state index in [1.54, 1.807) is 42.8 Å². The second-order valence-electron chi connectivity index (χ2n) is 5.97. The fourth-order valence-electron chi connectivity index (χ4n) is 2.61. The number of carbonyl (C=O) groups is 1. The molecule has 2 heterocycles. The van der Waals surface area contributed by atoms with Crippen molar-refractivity contribution in [3.8, 4) is 17.1 Å². The van der Waals surface area contributed by atoms with Crippen LogP contribution in [0.3, 0.4) is 0 Å². The van der Waals surface area contributed by atoms with Gasteiger partial charge in [0.15, 0.2) is 0 Å². The van der Waals surface area contributed by atoms with Gasteiger partial charge in [0.25, 0.3) is 15.9 Å². The van der Waals surface area contributed by atoms with E-state index in [2.05, 4.69) is 9.97 Å². The molecule has 1 N–H and O–H groups in total. The van der Waals surface area contributed by atoms with Gasteiger partial charge in [0.05, 0.1) is 17.6 Å². The van der Waals surface area contributed by atoms with Gasteiger partial charge in [-0.15, -0.1) is 0 Å². The number of rotatable bonds is 5. The van der Waals surface area contributed by atoms with Crippen LogP contribution in [0.2, 0.25) is 5.15 Å². The highest BCUT2D eigenvalue weighted by atomic mass is 35.5. The number of ether oxygens (including phenoxy) is 1. The van der Waals surface area contributed by atoms with Crippen molar-refractivity contribution < 1.29 is 17.9 Å². The van der Waals surface area contributed by atoms with Crippen molar-refractivity contribution in [2.75, 3.05) is 7.11 Å². The first-order valence-electron chi connectivity index (χ1n) is 8.09. The highest BCUT2D eigenvalue weighted by Gasteiger charge is 2.24. The summed E-state index contributed by atoms with van der Waals surface area (Å²) in [4.78, 5) is 20.7. The van der Waals surface area contributed by atoms with E-state index in [1.807, 2.05) is 4.72 Å². The summed E-state index contributed by atoms with van der Waals surface area (Å²) in [6.45, 7) is 1.63. The molecule has 0 fully saturated rings. The van der Waals surface area contributed by atoms with Crippen LogP contribution in [-0.2, 0) is 17.1 Å². The van der Waals surface area contributed by atoms with Crippen molar-refractivity contribution in [2.45, 2.75) is 11.8 Å². The number of methoxy groups -OCH3 is 1. The number of halogens is 1. The summed E-state index contributed by atoms with van der Waals surface area (Å²) in [6, 6.07) is 7.98. The van der Waals surface area contributed by atoms with Gasteiger partial charge in [-0.1, -0.05) is 17.7 Å². The normalized spacial score (nSPS) is 11.3. The Morgan fingerprint density at radius 1 is 1.29 bits per heavy atom. The lowest BCUT2D eigenvalue weighted by Gasteiger charge is -2.10. The Morgan fingerprint density at radius 2 is 2.04 bits per heavy atom. The number of nitrogens with zero attached hydrogens (tertiary/aromatic N) is 3. The molecule has 2 aromatic heterocycles. The van der Waals surface area contributed by atoms with Crippen LogP contribution in [0.15, 0.2) is 47.6 Å². The molecular weight excluding hydrogens is 404 g/mol. The second-order valence-corrected chi connectivity index (χ2v) is 7.98. The number of nitrogens with one attached hydrogen (secondary N) is 1. The average Bonchev–Trinajstić information content (AvgIpc) is 3.04. The Morgan fingerprint density at radius 3 is 2.71 bits per heavy atom. The first-order chi connectivity index (χ1) is 13.2. The van der Waals surface area contributed by atoms with E-state index in [9.17, 15) is 13.2 Å². The first kappa shape index (κ1) is 19.8. The van der Waals surface area contributed by atoms with E-state index in [-0.39, 0.29) is 15.7 Å². The minimum Gasteiger partial charge on any atom is -0.497 e. The third-order valence-corrected chi connectivity index (χ3v) is 5.80. The second kappa shape index (κ2) is 7.61. The van der Waals surface area contributed by atoms with Crippen LogP contribution in [0.1, 0.15) is 16.1 Å². The summed E-state index contributed by atoms with van der Waals surface area (Å²) in [7, 11) is -1.02. The van der Waals surface area contributed by atoms with Crippen LogP contribution in [0.5, 0.6) is 5.75 Å². The van der Waals surface area contributed by atoms with Crippen molar-refractivity contribution >= 4 is 27.5 Å². The van der Waals surface area contributed by atoms with Crippen molar-refractivity contribution in [2.24, 2.45) is 7.05 Å². The third-order valence-electron chi connectivity index (χ3n) is 4.02. The summed E-state index contributed by atoms with van der Waals surface area (Å²) < 4.78 is 34.0. The molecule has 0 saturated heterocycles. The predicted molar refractivity (Wildman–Crippen MR) is 104 cm³/mol. The zero-order valence-electron chi connectivity index (χ0n) is 15.3. The molecule has 1 amide bonds. The number of hydrogen-bond donors (Lipinski definition) is 1. The molecule has 3 aromatic rings. The lowest BCUT2D eigenvalue weighted by Crippen LogP contribution is -2.31. The van der Waals surface area contributed by atoms with Crippen LogP contribution in [0, 0.1) is 6.92 Å². The van der Waals surface area contributed by atoms with E-state index in [0.29, 0.717) is 22.7 Å². The van der Waals surface area contributed by atoms with Crippen LogP contribution in [0.25, 0.3) is 11.4 Å². The Hall–Kier alpha value is -2.91. The molecule has 1 aromatic carbocycles. The van der Waals surface area contributed by atoms with Crippen molar-refractivity contribution in [3.63, 3.8) is 0 Å². The van der Waals surface area contributed by atoms with E-state index in [0.717, 1.165) is 0 Å². The van der Waals surface area contributed by atoms with Crippen LogP contribution >= 0.6 is 11.6 Å². The lowest BCUT2D eigenvalue weighted by molar-refractivity contribution is 0.0977. The van der Waals surface area contributed by atoms with E-state index >= 15 is 0 Å². The smallest absolute Gasteiger partial charge is 0.285 e. The molecule has 0 unspecified atom stereocenters. The van der Waals surface area contributed by atoms with E-state index < -0.39 is 15.9 Å². The van der Waals surface area contributed by atoms with Crippen LogP contribution in [-0.4, -0.2) is 36.0 Å². The number of pyridine rings is 1. The Bertz CT molecular complexity index is 1160. The van der Waals surface area contributed by atoms with Gasteiger partial charge < -0.3 is 9.30 Å². The molecule has 0 aliphatic rings. The highest BCUT2D eigenvalue weighted by Crippen LogP contribution is 2.25. The van der Waals surface area contributed by atoms with Gasteiger partial charge in [0.1, 0.15) is 22.4 Å². The van der Waals surface area contributed by atoms with Crippen molar-refractivity contribution in [1.82, 2.24) is 19.3 Å². The predicted octanol–water partition coefficient (Wildman–Crippen LogP) is 2.57. The highest BCUT2D eigenvalue weighted by molar-refractivity contribution is 7.90. The zero-order chi connectivity index (χ0) is 20.5. The van der Waals surface area contributed by atoms with Gasteiger partial charge in [-0.2, -0.15) is 0 Å². The summed E-state index contributed by atoms with van der Waals surface area (Å²) in [6.07, 6.45) is 2.95. The summed E-state index contributed by atoms with van der Waals surface area (Å²) in [5.74, 6) is -0.105. The number of imidazole rings is 1. The Kier molecular flexibility index (Phi) is 5.39. The van der Waals surface area contributed by atoms with Crippen LogP contribution < -0.4 is 9.46 Å². The summed E-state index contributed by atoms with van der Waals surface area (Å²) in [5.41, 5.74) is 0.934. The largest absolute Gasteiger partial charge is 0.497 e. The maximum absolute atomic E-state index is 12.7. The van der Waals surface area contributed by atoms with E-state index in [1.165, 1.54) is 25.6 Å². The SMILES string of the molecule is COc1ccc(C)c(S(=O)(=O)NC(=O)c2cn(C)c(-c3cccnc3Cl)n2)c1. The van der Waals surface area contributed by atoms with Crippen molar-refractivity contribution in [3.05, 3.63) is 59.1 Å². The van der Waals surface area contributed by atoms with Gasteiger partial charge in [-0.05, 0) is 30.7 Å². The minimum absolute atomic E-state index is 0.0494. The van der Waals surface area contributed by atoms with Gasteiger partial charge in [0, 0.05) is 25.5 Å². The van der Waals surface area contributed by atoms with Crippen LogP contribution in [0.4, 0.5) is 0 Å². The first-order valence-corrected chi connectivity index (χ1v) is 9.95. The maximum atomic E-state index is 12.7. The topological polar surface area (TPSA) is 103 Å². The third kappa shape index (κ3) is 3.85. The lowest BCUT2D eigenvalue weighted by atomic mass is 10.2. The van der Waals surface area contributed by atoms with Gasteiger partial charge >= 0.3 is 0 Å². The van der Waals surface area contributed by atoms with E-state index in [4.69, 9.17) is 16.3 Å². The molecule has 0 aliphatic carbocycles. The summed E-state index contributed by atoms with van der Waals surface area (Å²) >= 11 is 6.08.